The summed E-state index contributed by atoms with van der Waals surface area (Å²) in [5, 5.41) is 7.11. The first kappa shape index (κ1) is 11.9. The van der Waals surface area contributed by atoms with Gasteiger partial charge in [-0.3, -0.25) is 0 Å². The highest BCUT2D eigenvalue weighted by Crippen LogP contribution is 2.46. The molecule has 1 aromatic heterocycles. The number of fused-ring (bicyclic) bond motifs is 3. The van der Waals surface area contributed by atoms with Crippen molar-refractivity contribution in [3.63, 3.8) is 0 Å². The summed E-state index contributed by atoms with van der Waals surface area (Å²) in [6, 6.07) is 9.32. The lowest BCUT2D eigenvalue weighted by atomic mass is 9.81. The van der Waals surface area contributed by atoms with Crippen molar-refractivity contribution in [3.05, 3.63) is 35.2 Å². The monoisotopic (exact) mass is 273 g/mol. The zero-order valence-electron chi connectivity index (χ0n) is 11.1. The summed E-state index contributed by atoms with van der Waals surface area (Å²) < 4.78 is 7.48. The van der Waals surface area contributed by atoms with Gasteiger partial charge in [0.25, 0.3) is 0 Å². The summed E-state index contributed by atoms with van der Waals surface area (Å²) in [6.07, 6.45) is 4.72. The van der Waals surface area contributed by atoms with Crippen LogP contribution in [-0.2, 0) is 4.74 Å². The Morgan fingerprint density at radius 2 is 2.26 bits per heavy atom. The van der Waals surface area contributed by atoms with Crippen LogP contribution in [0.1, 0.15) is 30.9 Å². The summed E-state index contributed by atoms with van der Waals surface area (Å²) in [7, 11) is 2.09. The van der Waals surface area contributed by atoms with Crippen LogP contribution in [0.4, 0.5) is 0 Å². The first-order valence-electron chi connectivity index (χ1n) is 7.15. The number of rotatable bonds is 3. The van der Waals surface area contributed by atoms with Crippen LogP contribution in [0.15, 0.2) is 29.6 Å². The third-order valence-corrected chi connectivity index (χ3v) is 5.72. The summed E-state index contributed by atoms with van der Waals surface area (Å²) in [6.45, 7) is 0. The molecule has 0 spiro atoms. The molecule has 2 nitrogen and oxygen atoms in total. The van der Waals surface area contributed by atoms with Crippen molar-refractivity contribution < 1.29 is 4.74 Å². The number of hydrogen-bond acceptors (Lipinski definition) is 3. The molecule has 4 rings (SSSR count). The van der Waals surface area contributed by atoms with Crippen molar-refractivity contribution in [3.8, 4) is 0 Å². The fourth-order valence-electron chi connectivity index (χ4n) is 3.89. The molecule has 0 radical (unpaired) electrons. The van der Waals surface area contributed by atoms with E-state index in [4.69, 9.17) is 4.74 Å². The van der Waals surface area contributed by atoms with Gasteiger partial charge < -0.3 is 10.1 Å². The first-order chi connectivity index (χ1) is 9.36. The smallest absolute Gasteiger partial charge is 0.0627 e. The lowest BCUT2D eigenvalue weighted by molar-refractivity contribution is 0.0864. The minimum absolute atomic E-state index is 0.428. The molecule has 1 aromatic carbocycles. The van der Waals surface area contributed by atoms with Crippen molar-refractivity contribution in [1.29, 1.82) is 0 Å². The first-order valence-corrected chi connectivity index (χ1v) is 8.03. The van der Waals surface area contributed by atoms with E-state index in [9.17, 15) is 0 Å². The summed E-state index contributed by atoms with van der Waals surface area (Å²) in [4.78, 5) is 0. The predicted molar refractivity (Wildman–Crippen MR) is 79.6 cm³/mol. The zero-order valence-corrected chi connectivity index (χ0v) is 12.0. The van der Waals surface area contributed by atoms with E-state index in [1.165, 1.54) is 34.9 Å². The zero-order chi connectivity index (χ0) is 12.8. The van der Waals surface area contributed by atoms with E-state index < -0.39 is 0 Å². The number of thiophene rings is 1. The largest absolute Gasteiger partial charge is 0.375 e. The number of nitrogens with one attached hydrogen (secondary N) is 1. The van der Waals surface area contributed by atoms with Crippen LogP contribution in [-0.4, -0.2) is 19.3 Å². The summed E-state index contributed by atoms with van der Waals surface area (Å²) in [5.74, 6) is 0.636. The maximum absolute atomic E-state index is 6.05. The fourth-order valence-corrected chi connectivity index (χ4v) is 4.84. The topological polar surface area (TPSA) is 21.3 Å². The third-order valence-electron chi connectivity index (χ3n) is 4.74. The van der Waals surface area contributed by atoms with Gasteiger partial charge in [-0.25, -0.2) is 0 Å². The van der Waals surface area contributed by atoms with Gasteiger partial charge in [-0.05, 0) is 48.7 Å². The van der Waals surface area contributed by atoms with Crippen molar-refractivity contribution in [1.82, 2.24) is 5.32 Å². The number of ether oxygens (including phenoxy) is 1. The second-order valence-electron chi connectivity index (χ2n) is 5.73. The van der Waals surface area contributed by atoms with Gasteiger partial charge in [0.15, 0.2) is 0 Å². The Bertz CT molecular complexity index is 593. The van der Waals surface area contributed by atoms with Crippen LogP contribution >= 0.6 is 11.3 Å². The molecule has 1 N–H and O–H groups in total. The normalized spacial score (nSPS) is 31.1. The Balaban J connectivity index is 1.74. The Labute approximate surface area is 117 Å². The molecule has 19 heavy (non-hydrogen) atoms. The summed E-state index contributed by atoms with van der Waals surface area (Å²) in [5.41, 5.74) is 1.45. The molecule has 2 aliphatic heterocycles. The average Bonchev–Trinajstić information content (AvgIpc) is 3.15. The molecule has 0 amide bonds. The maximum atomic E-state index is 6.05. The van der Waals surface area contributed by atoms with E-state index in [2.05, 4.69) is 42.0 Å². The molecule has 3 heterocycles. The van der Waals surface area contributed by atoms with Crippen molar-refractivity contribution in [2.24, 2.45) is 5.92 Å². The van der Waals surface area contributed by atoms with Gasteiger partial charge in [-0.1, -0.05) is 18.2 Å². The van der Waals surface area contributed by atoms with Crippen LogP contribution < -0.4 is 5.32 Å². The number of hydrogen-bond donors (Lipinski definition) is 1. The van der Waals surface area contributed by atoms with Crippen LogP contribution in [0.2, 0.25) is 0 Å². The molecule has 0 aliphatic carbocycles. The molecule has 2 fully saturated rings. The minimum atomic E-state index is 0.428. The predicted octanol–water partition coefficient (Wildman–Crippen LogP) is 3.73. The Morgan fingerprint density at radius 1 is 1.32 bits per heavy atom. The number of benzene rings is 1. The van der Waals surface area contributed by atoms with Crippen LogP contribution in [0, 0.1) is 5.92 Å². The fraction of sp³-hybridized carbons (Fsp3) is 0.500. The molecule has 4 atom stereocenters. The second kappa shape index (κ2) is 4.58. The lowest BCUT2D eigenvalue weighted by Crippen LogP contribution is -2.31. The van der Waals surface area contributed by atoms with Crippen LogP contribution in [0.25, 0.3) is 10.1 Å². The van der Waals surface area contributed by atoms with Crippen molar-refractivity contribution in [2.45, 2.75) is 37.5 Å². The van der Waals surface area contributed by atoms with Crippen LogP contribution in [0.3, 0.4) is 0 Å². The highest BCUT2D eigenvalue weighted by molar-refractivity contribution is 7.17. The molecule has 3 heteroatoms. The Hall–Kier alpha value is -0.900. The highest BCUT2D eigenvalue weighted by atomic mass is 32.1. The highest BCUT2D eigenvalue weighted by Gasteiger charge is 2.44. The molecule has 2 aliphatic rings. The average molecular weight is 273 g/mol. The Kier molecular flexibility index (Phi) is 2.87. The second-order valence-corrected chi connectivity index (χ2v) is 6.64. The lowest BCUT2D eigenvalue weighted by Gasteiger charge is -2.29. The molecule has 2 bridgehead atoms. The molecular formula is C16H19NOS. The van der Waals surface area contributed by atoms with E-state index in [1.807, 2.05) is 11.3 Å². The summed E-state index contributed by atoms with van der Waals surface area (Å²) >= 11 is 1.86. The van der Waals surface area contributed by atoms with E-state index in [0.717, 1.165) is 0 Å². The van der Waals surface area contributed by atoms with Gasteiger partial charge in [0.2, 0.25) is 0 Å². The molecular weight excluding hydrogens is 254 g/mol. The van der Waals surface area contributed by atoms with E-state index >= 15 is 0 Å². The molecule has 100 valence electrons. The SMILES string of the molecule is CNC(c1cccc2ccsc12)C1CC2CCC1O2. The van der Waals surface area contributed by atoms with Crippen molar-refractivity contribution in [2.75, 3.05) is 7.05 Å². The van der Waals surface area contributed by atoms with Crippen molar-refractivity contribution >= 4 is 21.4 Å². The van der Waals surface area contributed by atoms with Gasteiger partial charge in [0.05, 0.1) is 12.2 Å². The van der Waals surface area contributed by atoms with Crippen LogP contribution in [0.5, 0.6) is 0 Å². The molecule has 0 saturated carbocycles. The van der Waals surface area contributed by atoms with Gasteiger partial charge in [-0.2, -0.15) is 0 Å². The Morgan fingerprint density at radius 3 is 3.00 bits per heavy atom. The maximum Gasteiger partial charge on any atom is 0.0627 e. The van der Waals surface area contributed by atoms with Gasteiger partial charge in [0, 0.05) is 16.7 Å². The van der Waals surface area contributed by atoms with Gasteiger partial charge in [0.1, 0.15) is 0 Å². The minimum Gasteiger partial charge on any atom is -0.375 e. The standard InChI is InChI=1S/C16H19NOS/c1-17-15(13-9-11-5-6-14(13)18-11)12-4-2-3-10-7-8-19-16(10)12/h2-4,7-8,11,13-15,17H,5-6,9H2,1H3. The molecule has 2 saturated heterocycles. The van der Waals surface area contributed by atoms with E-state index in [0.29, 0.717) is 24.2 Å². The van der Waals surface area contributed by atoms with Gasteiger partial charge in [-0.15, -0.1) is 11.3 Å². The van der Waals surface area contributed by atoms with Gasteiger partial charge >= 0.3 is 0 Å². The molecule has 2 aromatic rings. The molecule has 4 unspecified atom stereocenters. The van der Waals surface area contributed by atoms with E-state index in [1.54, 1.807) is 0 Å². The van der Waals surface area contributed by atoms with E-state index in [-0.39, 0.29) is 0 Å². The third kappa shape index (κ3) is 1.83. The quantitative estimate of drug-likeness (QED) is 0.920.